The molecule has 2 aromatic carbocycles. The number of nitrogens with zero attached hydrogens (tertiary/aromatic N) is 2. The Hall–Kier alpha value is -2.42. The molecule has 3 fully saturated rings. The number of fused-ring (bicyclic) bond motifs is 3. The van der Waals surface area contributed by atoms with Crippen molar-refractivity contribution in [1.29, 1.82) is 0 Å². The molecule has 0 saturated carbocycles. The number of thiazole rings is 1. The number of halogens is 1. The number of rotatable bonds is 7. The molecule has 3 aromatic rings. The van der Waals surface area contributed by atoms with Crippen molar-refractivity contribution in [3.8, 4) is 16.2 Å². The maximum Gasteiger partial charge on any atom is 0.413 e. The fourth-order valence-electron chi connectivity index (χ4n) is 4.84. The molecule has 0 unspecified atom stereocenters. The Balaban J connectivity index is 0.00000259. The van der Waals surface area contributed by atoms with E-state index >= 15 is 0 Å². The van der Waals surface area contributed by atoms with E-state index in [2.05, 4.69) is 10.3 Å². The van der Waals surface area contributed by atoms with Gasteiger partial charge in [-0.3, -0.25) is 5.32 Å². The fraction of sp³-hybridized carbons (Fsp3) is 0.360. The van der Waals surface area contributed by atoms with Gasteiger partial charge in [-0.2, -0.15) is 0 Å². The van der Waals surface area contributed by atoms with E-state index in [0.29, 0.717) is 12.4 Å². The summed E-state index contributed by atoms with van der Waals surface area (Å²) in [4.78, 5) is 18.0. The first-order chi connectivity index (χ1) is 15.7. The number of ether oxygens (including phenoxy) is 2. The monoisotopic (exact) mass is 529 g/mol. The fourth-order valence-corrected chi connectivity index (χ4v) is 5.59. The maximum absolute atomic E-state index is 12.8. The lowest BCUT2D eigenvalue weighted by molar-refractivity contribution is -0.944. The van der Waals surface area contributed by atoms with Crippen LogP contribution in [0.2, 0.25) is 0 Å². The summed E-state index contributed by atoms with van der Waals surface area (Å²) in [6, 6.07) is 20.0. The van der Waals surface area contributed by atoms with Crippen LogP contribution in [-0.2, 0) is 4.74 Å². The molecule has 0 aliphatic carbocycles. The Morgan fingerprint density at radius 2 is 1.64 bits per heavy atom. The molecule has 6 rings (SSSR count). The zero-order chi connectivity index (χ0) is 21.9. The van der Waals surface area contributed by atoms with Crippen molar-refractivity contribution in [1.82, 2.24) is 4.98 Å². The molecule has 3 aliphatic heterocycles. The van der Waals surface area contributed by atoms with Crippen molar-refractivity contribution in [2.45, 2.75) is 24.9 Å². The third kappa shape index (κ3) is 5.39. The minimum Gasteiger partial charge on any atom is -1.00 e. The highest BCUT2D eigenvalue weighted by atomic mass is 79.9. The molecule has 1 aromatic heterocycles. The lowest BCUT2D eigenvalue weighted by Crippen LogP contribution is -3.00. The van der Waals surface area contributed by atoms with E-state index in [4.69, 9.17) is 9.47 Å². The molecule has 4 heterocycles. The Morgan fingerprint density at radius 3 is 2.30 bits per heavy atom. The second kappa shape index (κ2) is 10.2. The molecule has 8 heteroatoms. The number of aromatic nitrogens is 1. The maximum atomic E-state index is 12.8. The van der Waals surface area contributed by atoms with Crippen molar-refractivity contribution >= 4 is 23.2 Å². The largest absolute Gasteiger partial charge is 1.00 e. The zero-order valence-corrected chi connectivity index (χ0v) is 20.8. The number of hydrogen-bond acceptors (Lipinski definition) is 5. The van der Waals surface area contributed by atoms with Crippen molar-refractivity contribution in [2.75, 3.05) is 38.1 Å². The summed E-state index contributed by atoms with van der Waals surface area (Å²) in [6.07, 6.45) is 2.29. The molecule has 0 radical (unpaired) electrons. The van der Waals surface area contributed by atoms with Crippen molar-refractivity contribution < 1.29 is 35.7 Å². The number of nitrogens with one attached hydrogen (secondary N) is 1. The van der Waals surface area contributed by atoms with E-state index < -0.39 is 6.09 Å². The Kier molecular flexibility index (Phi) is 7.36. The number of para-hydroxylation sites is 1. The van der Waals surface area contributed by atoms with Gasteiger partial charge in [0, 0.05) is 19.3 Å². The molecular formula is C25H28BrN3O3S. The molecule has 33 heavy (non-hydrogen) atoms. The van der Waals surface area contributed by atoms with Gasteiger partial charge in [0.1, 0.15) is 24.5 Å². The second-order valence-electron chi connectivity index (χ2n) is 8.74. The number of quaternary nitrogens is 1. The van der Waals surface area contributed by atoms with Gasteiger partial charge >= 0.3 is 6.09 Å². The number of carbonyl (C=O) groups excluding carboxylic acids is 1. The highest BCUT2D eigenvalue weighted by molar-refractivity contribution is 7.13. The predicted molar refractivity (Wildman–Crippen MR) is 126 cm³/mol. The number of amides is 1. The molecule has 1 amide bonds. The average Bonchev–Trinajstić information content (AvgIpc) is 3.29. The molecule has 0 atom stereocenters. The number of anilines is 1. The number of piperidine rings is 3. The van der Waals surface area contributed by atoms with Crippen LogP contribution in [0, 0.1) is 0 Å². The minimum atomic E-state index is -0.401. The van der Waals surface area contributed by atoms with E-state index in [1.807, 2.05) is 60.7 Å². The number of benzene rings is 2. The summed E-state index contributed by atoms with van der Waals surface area (Å²) in [6.45, 7) is 4.78. The molecule has 0 spiro atoms. The first-order valence-corrected chi connectivity index (χ1v) is 12.1. The van der Waals surface area contributed by atoms with Crippen LogP contribution in [0.4, 0.5) is 10.6 Å². The summed E-state index contributed by atoms with van der Waals surface area (Å²) in [5.74, 6) is 1.49. The molecule has 2 bridgehead atoms. The van der Waals surface area contributed by atoms with Gasteiger partial charge in [0.15, 0.2) is 5.82 Å². The van der Waals surface area contributed by atoms with Crippen LogP contribution in [-0.4, -0.2) is 53.9 Å². The van der Waals surface area contributed by atoms with Crippen molar-refractivity contribution in [3.05, 3.63) is 66.2 Å². The van der Waals surface area contributed by atoms with E-state index in [1.165, 1.54) is 11.3 Å². The van der Waals surface area contributed by atoms with Crippen LogP contribution >= 0.6 is 11.3 Å². The third-order valence-corrected chi connectivity index (χ3v) is 7.71. The van der Waals surface area contributed by atoms with Crippen LogP contribution < -0.4 is 27.0 Å². The van der Waals surface area contributed by atoms with Gasteiger partial charge in [-0.05, 0) is 17.7 Å². The third-order valence-electron chi connectivity index (χ3n) is 6.84. The summed E-state index contributed by atoms with van der Waals surface area (Å²) >= 11 is 1.51. The molecule has 3 aliphatic rings. The number of hydrogen-bond donors (Lipinski definition) is 1. The molecule has 3 saturated heterocycles. The number of carbonyl (C=O) groups is 1. The van der Waals surface area contributed by atoms with Gasteiger partial charge in [0.05, 0.1) is 30.0 Å². The Labute approximate surface area is 208 Å². The predicted octanol–water partition coefficient (Wildman–Crippen LogP) is 2.19. The minimum absolute atomic E-state index is 0. The first-order valence-electron chi connectivity index (χ1n) is 11.2. The van der Waals surface area contributed by atoms with Crippen molar-refractivity contribution in [3.63, 3.8) is 0 Å². The topological polar surface area (TPSA) is 60.5 Å². The van der Waals surface area contributed by atoms with Crippen LogP contribution in [0.1, 0.15) is 19.3 Å². The highest BCUT2D eigenvalue weighted by Gasteiger charge is 2.51. The van der Waals surface area contributed by atoms with Crippen molar-refractivity contribution in [2.24, 2.45) is 0 Å². The summed E-state index contributed by atoms with van der Waals surface area (Å²) in [5.41, 5.74) is 2.44. The van der Waals surface area contributed by atoms with Gasteiger partial charge in [0.25, 0.3) is 0 Å². The first kappa shape index (κ1) is 23.7. The molecule has 1 N–H and O–H groups in total. The van der Waals surface area contributed by atoms with Crippen LogP contribution in [0.5, 0.6) is 5.75 Å². The summed E-state index contributed by atoms with van der Waals surface area (Å²) in [5, 5.41) is 2.89. The van der Waals surface area contributed by atoms with Crippen LogP contribution in [0.3, 0.4) is 0 Å². The summed E-state index contributed by atoms with van der Waals surface area (Å²) < 4.78 is 13.0. The van der Waals surface area contributed by atoms with E-state index in [1.54, 1.807) is 5.51 Å². The quantitative estimate of drug-likeness (QED) is 0.476. The molecule has 174 valence electrons. The zero-order valence-electron chi connectivity index (χ0n) is 18.4. The van der Waals surface area contributed by atoms with E-state index in [-0.39, 0.29) is 22.6 Å². The summed E-state index contributed by atoms with van der Waals surface area (Å²) in [7, 11) is 0. The van der Waals surface area contributed by atoms with Gasteiger partial charge < -0.3 is 30.9 Å². The normalized spacial score (nSPS) is 23.4. The van der Waals surface area contributed by atoms with Gasteiger partial charge in [-0.25, -0.2) is 9.78 Å². The highest BCUT2D eigenvalue weighted by Crippen LogP contribution is 2.40. The van der Waals surface area contributed by atoms with Gasteiger partial charge in [-0.15, -0.1) is 11.3 Å². The molecular weight excluding hydrogens is 502 g/mol. The van der Waals surface area contributed by atoms with Gasteiger partial charge in [0.2, 0.25) is 0 Å². The SMILES string of the molecule is O=C(Nc1ncsc1-c1ccccc1)OC12CC[N+](CCOc3ccccc3)(CC1)CC2.[Br-]. The van der Waals surface area contributed by atoms with E-state index in [0.717, 1.165) is 66.1 Å². The van der Waals surface area contributed by atoms with Gasteiger partial charge in [-0.1, -0.05) is 48.5 Å². The average molecular weight is 530 g/mol. The lowest BCUT2D eigenvalue weighted by Gasteiger charge is -2.53. The Bertz CT molecular complexity index is 1040. The Morgan fingerprint density at radius 1 is 1.00 bits per heavy atom. The standard InChI is InChI=1S/C25H27N3O3S.BrH/c29-24(27-23-22(32-19-26-23)20-7-3-1-4-8-20)31-25-11-14-28(15-12-25,16-13-25)17-18-30-21-9-5-2-6-10-21;/h1-10,19H,11-18H2;1H. The smallest absolute Gasteiger partial charge is 0.413 e. The molecule has 6 nitrogen and oxygen atoms in total. The van der Waals surface area contributed by atoms with Crippen LogP contribution in [0.15, 0.2) is 66.2 Å². The lowest BCUT2D eigenvalue weighted by atomic mass is 9.81. The van der Waals surface area contributed by atoms with Crippen LogP contribution in [0.25, 0.3) is 10.4 Å². The second-order valence-corrected chi connectivity index (χ2v) is 9.60. The van der Waals surface area contributed by atoms with E-state index in [9.17, 15) is 4.79 Å².